The summed E-state index contributed by atoms with van der Waals surface area (Å²) in [6.45, 7) is 5.95. The average molecular weight is 589 g/mol. The maximum absolute atomic E-state index is 13.0. The first kappa shape index (κ1) is 26.4. The van der Waals surface area contributed by atoms with Crippen molar-refractivity contribution in [1.82, 2.24) is 14.9 Å². The molecule has 2 saturated heterocycles. The van der Waals surface area contributed by atoms with E-state index in [-0.39, 0.29) is 23.5 Å². The smallest absolute Gasteiger partial charge is 0.259 e. The van der Waals surface area contributed by atoms with Crippen LogP contribution in [0.4, 0.5) is 0 Å². The van der Waals surface area contributed by atoms with Crippen molar-refractivity contribution in [2.24, 2.45) is 17.8 Å². The zero-order valence-electron chi connectivity index (χ0n) is 19.7. The molecule has 184 valence electrons. The Balaban J connectivity index is 1.43. The zero-order valence-corrected chi connectivity index (χ0v) is 22.9. The van der Waals surface area contributed by atoms with Crippen molar-refractivity contribution in [3.8, 4) is 5.75 Å². The highest BCUT2D eigenvalue weighted by atomic mass is 79.9. The van der Waals surface area contributed by atoms with Crippen LogP contribution in [0.1, 0.15) is 38.2 Å². The highest BCUT2D eigenvalue weighted by molar-refractivity contribution is 9.11. The molecule has 7 nitrogen and oxygen atoms in total. The van der Waals surface area contributed by atoms with Crippen molar-refractivity contribution in [2.75, 3.05) is 46.9 Å². The Morgan fingerprint density at radius 2 is 1.61 bits per heavy atom. The number of carbonyl (C=O) groups is 2. The Morgan fingerprint density at radius 3 is 2.12 bits per heavy atom. The van der Waals surface area contributed by atoms with Gasteiger partial charge < -0.3 is 10.0 Å². The Hall–Kier alpha value is -1.16. The number of amides is 2. The minimum atomic E-state index is -0.101. The van der Waals surface area contributed by atoms with Gasteiger partial charge in [0, 0.05) is 26.1 Å². The molecule has 2 fully saturated rings. The lowest BCUT2D eigenvalue weighted by Gasteiger charge is -2.40. The molecular formula is C24H35Br2N3O4. The summed E-state index contributed by atoms with van der Waals surface area (Å²) >= 11 is 6.73. The lowest BCUT2D eigenvalue weighted by atomic mass is 9.78. The Bertz CT molecular complexity index is 814. The molecule has 33 heavy (non-hydrogen) atoms. The van der Waals surface area contributed by atoms with E-state index >= 15 is 0 Å². The lowest BCUT2D eigenvalue weighted by Crippen LogP contribution is -2.46. The van der Waals surface area contributed by atoms with Gasteiger partial charge >= 0.3 is 0 Å². The van der Waals surface area contributed by atoms with Crippen LogP contribution in [-0.4, -0.2) is 78.7 Å². The molecule has 0 saturated carbocycles. The number of phenolic OH excluding ortho intramolecular Hbond substituents is 1. The van der Waals surface area contributed by atoms with Crippen molar-refractivity contribution < 1.29 is 19.5 Å². The number of likely N-dealkylation sites (tertiary alicyclic amines) is 2. The highest BCUT2D eigenvalue weighted by Crippen LogP contribution is 2.35. The number of hydroxylamine groups is 2. The van der Waals surface area contributed by atoms with Gasteiger partial charge in [-0.25, -0.2) is 5.06 Å². The van der Waals surface area contributed by atoms with Crippen LogP contribution < -0.4 is 0 Å². The fraction of sp³-hybridized carbons (Fsp3) is 0.667. The van der Waals surface area contributed by atoms with E-state index in [2.05, 4.69) is 36.8 Å². The standard InChI is InChI=1S/C24H35Br2N3O4/c1-16(12-17-13-20(25)23(31)21(26)14-17)24(32)29-10-6-19(7-11-29)18-4-8-28(9-5-18)15-22(30)27(2)33-3/h13-14,16,18-19,31H,4-12,15H2,1-3H3/t16-/m1/s1. The summed E-state index contributed by atoms with van der Waals surface area (Å²) in [6.07, 6.45) is 4.99. The molecule has 1 atom stereocenters. The molecule has 2 amide bonds. The Labute approximate surface area is 213 Å². The maximum atomic E-state index is 13.0. The minimum Gasteiger partial charge on any atom is -0.506 e. The lowest BCUT2D eigenvalue weighted by molar-refractivity contribution is -0.170. The van der Waals surface area contributed by atoms with Gasteiger partial charge in [-0.05, 0) is 107 Å². The molecule has 0 unspecified atom stereocenters. The van der Waals surface area contributed by atoms with Crippen LogP contribution in [0.15, 0.2) is 21.1 Å². The summed E-state index contributed by atoms with van der Waals surface area (Å²) in [7, 11) is 3.15. The topological polar surface area (TPSA) is 73.3 Å². The Kier molecular flexibility index (Phi) is 9.62. The van der Waals surface area contributed by atoms with E-state index in [0.717, 1.165) is 57.4 Å². The van der Waals surface area contributed by atoms with Crippen molar-refractivity contribution in [1.29, 1.82) is 0 Å². The van der Waals surface area contributed by atoms with Gasteiger partial charge in [-0.15, -0.1) is 0 Å². The van der Waals surface area contributed by atoms with Crippen LogP contribution in [0.3, 0.4) is 0 Å². The van der Waals surface area contributed by atoms with Crippen LogP contribution in [-0.2, 0) is 20.8 Å². The van der Waals surface area contributed by atoms with Gasteiger partial charge in [-0.3, -0.25) is 19.3 Å². The van der Waals surface area contributed by atoms with Crippen LogP contribution in [0.25, 0.3) is 0 Å². The Morgan fingerprint density at radius 1 is 1.09 bits per heavy atom. The van der Waals surface area contributed by atoms with Gasteiger partial charge in [-0.1, -0.05) is 6.92 Å². The van der Waals surface area contributed by atoms with E-state index in [9.17, 15) is 14.7 Å². The van der Waals surface area contributed by atoms with Gasteiger partial charge in [0.2, 0.25) is 5.91 Å². The summed E-state index contributed by atoms with van der Waals surface area (Å²) in [4.78, 5) is 34.3. The molecule has 0 spiro atoms. The van der Waals surface area contributed by atoms with Crippen LogP contribution in [0.5, 0.6) is 5.75 Å². The van der Waals surface area contributed by atoms with Gasteiger partial charge in [0.15, 0.2) is 0 Å². The molecule has 9 heteroatoms. The first-order valence-electron chi connectivity index (χ1n) is 11.7. The molecule has 1 aromatic carbocycles. The summed E-state index contributed by atoms with van der Waals surface area (Å²) in [6, 6.07) is 3.76. The molecule has 3 rings (SSSR count). The molecular weight excluding hydrogens is 554 g/mol. The van der Waals surface area contributed by atoms with E-state index in [1.54, 1.807) is 7.05 Å². The number of piperidine rings is 2. The summed E-state index contributed by atoms with van der Waals surface area (Å²) in [5.74, 6) is 1.62. The molecule has 2 aliphatic rings. The van der Waals surface area contributed by atoms with E-state index in [4.69, 9.17) is 4.84 Å². The molecule has 2 heterocycles. The van der Waals surface area contributed by atoms with Crippen LogP contribution in [0, 0.1) is 17.8 Å². The van der Waals surface area contributed by atoms with E-state index in [1.807, 2.05) is 24.0 Å². The second-order valence-electron chi connectivity index (χ2n) is 9.36. The predicted octanol–water partition coefficient (Wildman–Crippen LogP) is 4.07. The fourth-order valence-electron chi connectivity index (χ4n) is 5.05. The van der Waals surface area contributed by atoms with Gasteiger partial charge in [0.1, 0.15) is 5.75 Å². The van der Waals surface area contributed by atoms with Gasteiger partial charge in [0.25, 0.3) is 5.91 Å². The molecule has 1 N–H and O–H groups in total. The third-order valence-electron chi connectivity index (χ3n) is 7.17. The molecule has 0 aliphatic carbocycles. The quantitative estimate of drug-likeness (QED) is 0.486. The first-order valence-corrected chi connectivity index (χ1v) is 13.3. The third-order valence-corrected chi connectivity index (χ3v) is 8.38. The number of likely N-dealkylation sites (N-methyl/N-ethyl adjacent to an activating group) is 1. The second kappa shape index (κ2) is 12.0. The number of hydrogen-bond acceptors (Lipinski definition) is 5. The number of carbonyl (C=O) groups excluding carboxylic acids is 2. The number of benzene rings is 1. The molecule has 2 aliphatic heterocycles. The maximum Gasteiger partial charge on any atom is 0.259 e. The third kappa shape index (κ3) is 6.93. The number of hydrogen-bond donors (Lipinski definition) is 1. The highest BCUT2D eigenvalue weighted by Gasteiger charge is 2.32. The number of halogens is 2. The molecule has 0 aromatic heterocycles. The second-order valence-corrected chi connectivity index (χ2v) is 11.1. The zero-order chi connectivity index (χ0) is 24.1. The number of nitrogens with zero attached hydrogens (tertiary/aromatic N) is 3. The average Bonchev–Trinajstić information content (AvgIpc) is 2.82. The molecule has 1 aromatic rings. The van der Waals surface area contributed by atoms with E-state index in [0.29, 0.717) is 33.7 Å². The van der Waals surface area contributed by atoms with Gasteiger partial charge in [-0.2, -0.15) is 0 Å². The predicted molar refractivity (Wildman–Crippen MR) is 135 cm³/mol. The van der Waals surface area contributed by atoms with E-state index in [1.165, 1.54) is 12.2 Å². The van der Waals surface area contributed by atoms with Crippen molar-refractivity contribution in [3.05, 3.63) is 26.6 Å². The van der Waals surface area contributed by atoms with Crippen LogP contribution >= 0.6 is 31.9 Å². The number of phenols is 1. The minimum absolute atomic E-state index is 0.0103. The van der Waals surface area contributed by atoms with Crippen molar-refractivity contribution >= 4 is 43.7 Å². The summed E-state index contributed by atoms with van der Waals surface area (Å²) < 4.78 is 1.27. The summed E-state index contributed by atoms with van der Waals surface area (Å²) in [5, 5.41) is 11.2. The van der Waals surface area contributed by atoms with Gasteiger partial charge in [0.05, 0.1) is 22.6 Å². The van der Waals surface area contributed by atoms with Crippen LogP contribution in [0.2, 0.25) is 0 Å². The fourth-order valence-corrected chi connectivity index (χ4v) is 6.34. The van der Waals surface area contributed by atoms with E-state index < -0.39 is 0 Å². The summed E-state index contributed by atoms with van der Waals surface area (Å²) in [5.41, 5.74) is 1.02. The number of aromatic hydroxyl groups is 1. The van der Waals surface area contributed by atoms with Crippen molar-refractivity contribution in [3.63, 3.8) is 0 Å². The molecule has 0 radical (unpaired) electrons. The monoisotopic (exact) mass is 587 g/mol. The van der Waals surface area contributed by atoms with Crippen molar-refractivity contribution in [2.45, 2.75) is 39.0 Å². The SMILES string of the molecule is CON(C)C(=O)CN1CCC(C2CCN(C(=O)[C@H](C)Cc3cc(Br)c(O)c(Br)c3)CC2)CC1. The largest absolute Gasteiger partial charge is 0.506 e. The molecule has 0 bridgehead atoms. The first-order chi connectivity index (χ1) is 15.7. The number of rotatable bonds is 7. The normalized spacial score (nSPS) is 19.5.